The quantitative estimate of drug-likeness (QED) is 0.841. The predicted octanol–water partition coefficient (Wildman–Crippen LogP) is 3.57. The van der Waals surface area contributed by atoms with E-state index in [9.17, 15) is 9.50 Å². The summed E-state index contributed by atoms with van der Waals surface area (Å²) in [5, 5.41) is 10.5. The fourth-order valence-corrected chi connectivity index (χ4v) is 2.76. The molecule has 88 valence electrons. The third kappa shape index (κ3) is 2.38. The third-order valence-corrected chi connectivity index (χ3v) is 3.81. The van der Waals surface area contributed by atoms with Crippen molar-refractivity contribution in [3.63, 3.8) is 0 Å². The minimum atomic E-state index is -0.698. The van der Waals surface area contributed by atoms with Gasteiger partial charge in [-0.2, -0.15) is 0 Å². The Morgan fingerprint density at radius 2 is 2.31 bits per heavy atom. The van der Waals surface area contributed by atoms with Gasteiger partial charge in [-0.1, -0.05) is 30.7 Å². The molecule has 0 heterocycles. The van der Waals surface area contributed by atoms with Crippen molar-refractivity contribution in [3.8, 4) is 0 Å². The molecule has 1 saturated carbocycles. The van der Waals surface area contributed by atoms with Crippen LogP contribution in [0.4, 0.5) is 4.39 Å². The summed E-state index contributed by atoms with van der Waals surface area (Å²) in [6, 6.07) is 4.76. The van der Waals surface area contributed by atoms with Crippen molar-refractivity contribution >= 4 is 11.6 Å². The van der Waals surface area contributed by atoms with Gasteiger partial charge in [0.1, 0.15) is 5.82 Å². The smallest absolute Gasteiger partial charge is 0.142 e. The van der Waals surface area contributed by atoms with E-state index in [1.54, 1.807) is 12.1 Å². The highest BCUT2D eigenvalue weighted by Gasteiger charge is 2.35. The van der Waals surface area contributed by atoms with Crippen LogP contribution in [0.25, 0.3) is 0 Å². The summed E-state index contributed by atoms with van der Waals surface area (Å²) in [7, 11) is 0. The zero-order chi connectivity index (χ0) is 11.8. The van der Waals surface area contributed by atoms with Gasteiger partial charge in [0.2, 0.25) is 0 Å². The monoisotopic (exact) mass is 242 g/mol. The number of hydrogen-bond acceptors (Lipinski definition) is 1. The van der Waals surface area contributed by atoms with E-state index in [-0.39, 0.29) is 5.02 Å². The first-order valence-corrected chi connectivity index (χ1v) is 6.03. The van der Waals surface area contributed by atoms with Gasteiger partial charge in [0.25, 0.3) is 0 Å². The lowest BCUT2D eigenvalue weighted by Gasteiger charge is -2.23. The van der Waals surface area contributed by atoms with Crippen LogP contribution in [0.2, 0.25) is 5.02 Å². The third-order valence-electron chi connectivity index (χ3n) is 3.38. The van der Waals surface area contributed by atoms with E-state index in [0.29, 0.717) is 17.9 Å². The molecule has 1 aliphatic rings. The fraction of sp³-hybridized carbons (Fsp3) is 0.538. The Labute approximate surface area is 100 Å². The summed E-state index contributed by atoms with van der Waals surface area (Å²) in [5.74, 6) is 0.131. The van der Waals surface area contributed by atoms with Crippen molar-refractivity contribution in [2.24, 2.45) is 5.92 Å². The molecular weight excluding hydrogens is 227 g/mol. The van der Waals surface area contributed by atoms with Gasteiger partial charge in [0, 0.05) is 6.42 Å². The van der Waals surface area contributed by atoms with Crippen LogP contribution in [0.5, 0.6) is 0 Å². The molecule has 0 radical (unpaired) electrons. The second kappa shape index (κ2) is 4.34. The van der Waals surface area contributed by atoms with E-state index in [0.717, 1.165) is 19.3 Å². The Morgan fingerprint density at radius 3 is 2.94 bits per heavy atom. The Kier molecular flexibility index (Phi) is 3.22. The highest BCUT2D eigenvalue weighted by atomic mass is 35.5. The molecule has 0 aromatic heterocycles. The van der Waals surface area contributed by atoms with Gasteiger partial charge in [0.05, 0.1) is 10.6 Å². The summed E-state index contributed by atoms with van der Waals surface area (Å²) >= 11 is 5.88. The molecular formula is C13H16ClFO. The largest absolute Gasteiger partial charge is 0.390 e. The van der Waals surface area contributed by atoms with Gasteiger partial charge in [-0.05, 0) is 36.8 Å². The fourth-order valence-electron chi connectivity index (χ4n) is 2.57. The van der Waals surface area contributed by atoms with Crippen molar-refractivity contribution in [1.82, 2.24) is 0 Å². The summed E-state index contributed by atoms with van der Waals surface area (Å²) in [6.07, 6.45) is 3.04. The molecule has 16 heavy (non-hydrogen) atoms. The summed E-state index contributed by atoms with van der Waals surface area (Å²) in [4.78, 5) is 0. The standard InChI is InChI=1S/C13H16ClFO/c1-9-5-6-13(16,7-9)8-10-3-2-4-11(15)12(10)14/h2-4,9,16H,5-8H2,1H3. The first kappa shape index (κ1) is 11.9. The molecule has 3 heteroatoms. The Balaban J connectivity index is 2.18. The van der Waals surface area contributed by atoms with Crippen molar-refractivity contribution in [1.29, 1.82) is 0 Å². The number of benzene rings is 1. The maximum atomic E-state index is 13.2. The maximum absolute atomic E-state index is 13.2. The lowest BCUT2D eigenvalue weighted by atomic mass is 9.92. The molecule has 2 unspecified atom stereocenters. The lowest BCUT2D eigenvalue weighted by Crippen LogP contribution is -2.27. The Bertz CT molecular complexity index is 394. The van der Waals surface area contributed by atoms with E-state index >= 15 is 0 Å². The number of halogens is 2. The Morgan fingerprint density at radius 1 is 1.56 bits per heavy atom. The highest BCUT2D eigenvalue weighted by molar-refractivity contribution is 6.31. The maximum Gasteiger partial charge on any atom is 0.142 e. The summed E-state index contributed by atoms with van der Waals surface area (Å²) in [6.45, 7) is 2.13. The van der Waals surface area contributed by atoms with Crippen LogP contribution < -0.4 is 0 Å². The zero-order valence-corrected chi connectivity index (χ0v) is 10.1. The molecule has 1 fully saturated rings. The topological polar surface area (TPSA) is 20.2 Å². The predicted molar refractivity (Wildman–Crippen MR) is 63.1 cm³/mol. The SMILES string of the molecule is CC1CCC(O)(Cc2cccc(F)c2Cl)C1. The van der Waals surface area contributed by atoms with Crippen LogP contribution >= 0.6 is 11.6 Å². The lowest BCUT2D eigenvalue weighted by molar-refractivity contribution is 0.0446. The second-order valence-electron chi connectivity index (χ2n) is 4.96. The van der Waals surface area contributed by atoms with E-state index in [4.69, 9.17) is 11.6 Å². The van der Waals surface area contributed by atoms with Crippen LogP contribution in [-0.4, -0.2) is 10.7 Å². The van der Waals surface area contributed by atoms with Gasteiger partial charge < -0.3 is 5.11 Å². The van der Waals surface area contributed by atoms with E-state index in [1.165, 1.54) is 6.07 Å². The molecule has 1 aromatic carbocycles. The zero-order valence-electron chi connectivity index (χ0n) is 9.34. The van der Waals surface area contributed by atoms with Gasteiger partial charge in [-0.15, -0.1) is 0 Å². The molecule has 0 saturated heterocycles. The number of hydrogen-bond donors (Lipinski definition) is 1. The Hall–Kier alpha value is -0.600. The molecule has 2 atom stereocenters. The average molecular weight is 243 g/mol. The summed E-state index contributed by atoms with van der Waals surface area (Å²) < 4.78 is 13.2. The minimum absolute atomic E-state index is 0.149. The number of aliphatic hydroxyl groups is 1. The molecule has 1 aliphatic carbocycles. The van der Waals surface area contributed by atoms with Gasteiger partial charge in [-0.25, -0.2) is 4.39 Å². The van der Waals surface area contributed by atoms with Crippen LogP contribution in [0.3, 0.4) is 0 Å². The highest BCUT2D eigenvalue weighted by Crippen LogP contribution is 2.37. The normalized spacial score (nSPS) is 29.6. The molecule has 0 bridgehead atoms. The van der Waals surface area contributed by atoms with Crippen LogP contribution in [-0.2, 0) is 6.42 Å². The molecule has 1 nitrogen and oxygen atoms in total. The first-order chi connectivity index (χ1) is 7.50. The van der Waals surface area contributed by atoms with Crippen molar-refractivity contribution < 1.29 is 9.50 Å². The first-order valence-electron chi connectivity index (χ1n) is 5.65. The van der Waals surface area contributed by atoms with Gasteiger partial charge in [0.15, 0.2) is 0 Å². The van der Waals surface area contributed by atoms with E-state index < -0.39 is 11.4 Å². The van der Waals surface area contributed by atoms with Crippen LogP contribution in [0.15, 0.2) is 18.2 Å². The molecule has 2 rings (SSSR count). The van der Waals surface area contributed by atoms with Crippen molar-refractivity contribution in [2.45, 2.75) is 38.2 Å². The minimum Gasteiger partial charge on any atom is -0.390 e. The van der Waals surface area contributed by atoms with Crippen LogP contribution in [0, 0.1) is 11.7 Å². The number of rotatable bonds is 2. The van der Waals surface area contributed by atoms with Gasteiger partial charge in [-0.3, -0.25) is 0 Å². The molecule has 1 aromatic rings. The van der Waals surface area contributed by atoms with E-state index in [2.05, 4.69) is 6.92 Å². The van der Waals surface area contributed by atoms with Crippen LogP contribution in [0.1, 0.15) is 31.7 Å². The second-order valence-corrected chi connectivity index (χ2v) is 5.34. The molecule has 0 amide bonds. The van der Waals surface area contributed by atoms with E-state index in [1.807, 2.05) is 0 Å². The average Bonchev–Trinajstić information content (AvgIpc) is 2.54. The molecule has 0 spiro atoms. The van der Waals surface area contributed by atoms with Crippen molar-refractivity contribution in [2.75, 3.05) is 0 Å². The molecule has 0 aliphatic heterocycles. The van der Waals surface area contributed by atoms with Crippen molar-refractivity contribution in [3.05, 3.63) is 34.6 Å². The molecule has 1 N–H and O–H groups in total. The van der Waals surface area contributed by atoms with Gasteiger partial charge >= 0.3 is 0 Å². The summed E-state index contributed by atoms with van der Waals surface area (Å²) in [5.41, 5.74) is 0.00916.